The van der Waals surface area contributed by atoms with Crippen LogP contribution in [0.25, 0.3) is 11.0 Å². The molecule has 1 fully saturated rings. The Morgan fingerprint density at radius 3 is 2.90 bits per heavy atom. The molecule has 1 aromatic heterocycles. The first kappa shape index (κ1) is 13.1. The van der Waals surface area contributed by atoms with Crippen LogP contribution in [0.1, 0.15) is 29.5 Å². The zero-order valence-corrected chi connectivity index (χ0v) is 11.3. The lowest BCUT2D eigenvalue weighted by Gasteiger charge is -2.18. The van der Waals surface area contributed by atoms with E-state index in [1.807, 2.05) is 19.1 Å². The van der Waals surface area contributed by atoms with Crippen LogP contribution in [-0.2, 0) is 6.54 Å². The number of carboxylic acid groups (broad SMARTS) is 1. The number of hydrogen-bond donors (Lipinski definition) is 2. The molecule has 1 unspecified atom stereocenters. The number of carbonyl (C=O) groups is 1. The Bertz CT molecular complexity index is 659. The van der Waals surface area contributed by atoms with Crippen LogP contribution in [0.2, 0.25) is 0 Å². The van der Waals surface area contributed by atoms with E-state index in [4.69, 9.17) is 9.52 Å². The van der Waals surface area contributed by atoms with Crippen LogP contribution in [-0.4, -0.2) is 39.8 Å². The van der Waals surface area contributed by atoms with Crippen LogP contribution in [0, 0.1) is 0 Å². The van der Waals surface area contributed by atoms with Gasteiger partial charge in [-0.05, 0) is 37.1 Å². The smallest absolute Gasteiger partial charge is 0.371 e. The Kier molecular flexibility index (Phi) is 3.03. The van der Waals surface area contributed by atoms with Gasteiger partial charge in [0, 0.05) is 25.0 Å². The summed E-state index contributed by atoms with van der Waals surface area (Å²) in [4.78, 5) is 13.1. The summed E-state index contributed by atoms with van der Waals surface area (Å²) < 4.78 is 5.23. The fourth-order valence-electron chi connectivity index (χ4n) is 2.73. The Balaban J connectivity index is 1.81. The minimum Gasteiger partial charge on any atom is -0.475 e. The number of furan rings is 1. The second-order valence-corrected chi connectivity index (χ2v) is 5.75. The van der Waals surface area contributed by atoms with E-state index in [1.165, 1.54) is 0 Å². The van der Waals surface area contributed by atoms with Crippen LogP contribution in [0.3, 0.4) is 0 Å². The Morgan fingerprint density at radius 2 is 2.25 bits per heavy atom. The van der Waals surface area contributed by atoms with E-state index >= 15 is 0 Å². The maximum atomic E-state index is 10.9. The molecule has 2 N–H and O–H groups in total. The van der Waals surface area contributed by atoms with Crippen LogP contribution in [0.4, 0.5) is 0 Å². The summed E-state index contributed by atoms with van der Waals surface area (Å²) in [5.74, 6) is -1.10. The molecular weight excluding hydrogens is 258 g/mol. The zero-order valence-electron chi connectivity index (χ0n) is 11.3. The van der Waals surface area contributed by atoms with Crippen molar-refractivity contribution in [3.8, 4) is 0 Å². The summed E-state index contributed by atoms with van der Waals surface area (Å²) in [6.07, 6.45) is 0.782. The fourth-order valence-corrected chi connectivity index (χ4v) is 2.73. The van der Waals surface area contributed by atoms with Gasteiger partial charge in [-0.15, -0.1) is 0 Å². The van der Waals surface area contributed by atoms with Crippen LogP contribution >= 0.6 is 0 Å². The third-order valence-corrected chi connectivity index (χ3v) is 3.73. The molecule has 1 saturated heterocycles. The number of likely N-dealkylation sites (tertiary alicyclic amines) is 1. The average molecular weight is 275 g/mol. The number of fused-ring (bicyclic) bond motifs is 1. The Hall–Kier alpha value is -1.85. The molecule has 0 saturated carbocycles. The number of rotatable bonds is 3. The van der Waals surface area contributed by atoms with E-state index < -0.39 is 11.6 Å². The van der Waals surface area contributed by atoms with E-state index in [2.05, 4.69) is 4.90 Å². The van der Waals surface area contributed by atoms with Crippen LogP contribution in [0.15, 0.2) is 28.7 Å². The monoisotopic (exact) mass is 275 g/mol. The summed E-state index contributed by atoms with van der Waals surface area (Å²) in [6, 6.07) is 7.22. The zero-order chi connectivity index (χ0) is 14.3. The number of hydrogen-bond acceptors (Lipinski definition) is 4. The van der Waals surface area contributed by atoms with Crippen molar-refractivity contribution in [3.63, 3.8) is 0 Å². The lowest BCUT2D eigenvalue weighted by atomic mass is 10.1. The largest absolute Gasteiger partial charge is 0.475 e. The highest BCUT2D eigenvalue weighted by atomic mass is 16.4. The molecule has 5 heteroatoms. The van der Waals surface area contributed by atoms with Gasteiger partial charge in [-0.3, -0.25) is 4.90 Å². The summed E-state index contributed by atoms with van der Waals surface area (Å²) >= 11 is 0. The quantitative estimate of drug-likeness (QED) is 0.897. The maximum Gasteiger partial charge on any atom is 0.371 e. The van der Waals surface area contributed by atoms with Crippen LogP contribution in [0.5, 0.6) is 0 Å². The summed E-state index contributed by atoms with van der Waals surface area (Å²) in [5, 5.41) is 19.7. The minimum absolute atomic E-state index is 0.0405. The molecule has 0 aliphatic carbocycles. The standard InChI is InChI=1S/C15H17NO4/c1-15(19)4-5-16(9-15)8-10-2-3-12-11(6-10)7-13(20-12)14(17)18/h2-3,6-7,19H,4-5,8-9H2,1H3,(H,17,18). The molecule has 20 heavy (non-hydrogen) atoms. The van der Waals surface area contributed by atoms with Crippen molar-refractivity contribution >= 4 is 16.9 Å². The number of β-amino-alcohol motifs (C(OH)–C–C–N with tert-alkyl or cyclic N) is 1. The van der Waals surface area contributed by atoms with Gasteiger partial charge in [0.15, 0.2) is 0 Å². The van der Waals surface area contributed by atoms with Gasteiger partial charge >= 0.3 is 5.97 Å². The van der Waals surface area contributed by atoms with Crippen molar-refractivity contribution in [2.75, 3.05) is 13.1 Å². The molecule has 1 aliphatic rings. The fraction of sp³-hybridized carbons (Fsp3) is 0.400. The number of benzene rings is 1. The van der Waals surface area contributed by atoms with Gasteiger partial charge in [0.05, 0.1) is 5.60 Å². The molecule has 2 heterocycles. The molecule has 1 atom stereocenters. The number of aliphatic hydroxyl groups is 1. The van der Waals surface area contributed by atoms with Gasteiger partial charge in [-0.1, -0.05) is 6.07 Å². The highest BCUT2D eigenvalue weighted by molar-refractivity contribution is 5.91. The van der Waals surface area contributed by atoms with Gasteiger partial charge in [-0.2, -0.15) is 0 Å². The van der Waals surface area contributed by atoms with E-state index in [0.29, 0.717) is 12.1 Å². The van der Waals surface area contributed by atoms with Crippen molar-refractivity contribution in [2.24, 2.45) is 0 Å². The maximum absolute atomic E-state index is 10.9. The third-order valence-electron chi connectivity index (χ3n) is 3.73. The highest BCUT2D eigenvalue weighted by Crippen LogP contribution is 2.25. The van der Waals surface area contributed by atoms with E-state index in [9.17, 15) is 9.90 Å². The topological polar surface area (TPSA) is 73.9 Å². The molecule has 3 rings (SSSR count). The number of aromatic carboxylic acids is 1. The molecule has 0 amide bonds. The minimum atomic E-state index is -1.06. The van der Waals surface area contributed by atoms with Crippen molar-refractivity contribution < 1.29 is 19.4 Å². The summed E-state index contributed by atoms with van der Waals surface area (Å²) in [6.45, 7) is 4.14. The van der Waals surface area contributed by atoms with Gasteiger partial charge in [0.2, 0.25) is 5.76 Å². The SMILES string of the molecule is CC1(O)CCN(Cc2ccc3oc(C(=O)O)cc3c2)C1. The van der Waals surface area contributed by atoms with Gasteiger partial charge in [-0.25, -0.2) is 4.79 Å². The summed E-state index contributed by atoms with van der Waals surface area (Å²) in [5.41, 5.74) is 1.07. The molecular formula is C15H17NO4. The van der Waals surface area contributed by atoms with Crippen molar-refractivity contribution in [1.29, 1.82) is 0 Å². The second-order valence-electron chi connectivity index (χ2n) is 5.75. The molecule has 0 radical (unpaired) electrons. The number of nitrogens with zero attached hydrogens (tertiary/aromatic N) is 1. The molecule has 2 aromatic rings. The van der Waals surface area contributed by atoms with Crippen molar-refractivity contribution in [2.45, 2.75) is 25.5 Å². The molecule has 5 nitrogen and oxygen atoms in total. The average Bonchev–Trinajstić information content (AvgIpc) is 2.92. The van der Waals surface area contributed by atoms with Gasteiger partial charge in [0.25, 0.3) is 0 Å². The first-order valence-electron chi connectivity index (χ1n) is 6.63. The first-order chi connectivity index (χ1) is 9.43. The summed E-state index contributed by atoms with van der Waals surface area (Å²) in [7, 11) is 0. The van der Waals surface area contributed by atoms with E-state index in [1.54, 1.807) is 12.1 Å². The van der Waals surface area contributed by atoms with Gasteiger partial charge < -0.3 is 14.6 Å². The lowest BCUT2D eigenvalue weighted by molar-refractivity contribution is 0.0662. The predicted molar refractivity (Wildman–Crippen MR) is 73.7 cm³/mol. The van der Waals surface area contributed by atoms with Crippen molar-refractivity contribution in [3.05, 3.63) is 35.6 Å². The predicted octanol–water partition coefficient (Wildman–Crippen LogP) is 2.09. The molecule has 106 valence electrons. The molecule has 0 spiro atoms. The Morgan fingerprint density at radius 1 is 1.45 bits per heavy atom. The van der Waals surface area contributed by atoms with E-state index in [0.717, 1.165) is 30.5 Å². The molecule has 1 aromatic carbocycles. The van der Waals surface area contributed by atoms with Crippen LogP contribution < -0.4 is 0 Å². The second kappa shape index (κ2) is 4.61. The number of carboxylic acids is 1. The normalized spacial score (nSPS) is 23.5. The van der Waals surface area contributed by atoms with Gasteiger partial charge in [0.1, 0.15) is 5.58 Å². The Labute approximate surface area is 116 Å². The highest BCUT2D eigenvalue weighted by Gasteiger charge is 2.31. The molecule has 1 aliphatic heterocycles. The van der Waals surface area contributed by atoms with Crippen molar-refractivity contribution in [1.82, 2.24) is 4.90 Å². The first-order valence-corrected chi connectivity index (χ1v) is 6.63. The lowest BCUT2D eigenvalue weighted by Crippen LogP contribution is -2.29. The third kappa shape index (κ3) is 2.55. The molecule has 0 bridgehead atoms. The van der Waals surface area contributed by atoms with E-state index in [-0.39, 0.29) is 5.76 Å².